The zero-order valence-electron chi connectivity index (χ0n) is 23.9. The third-order valence-electron chi connectivity index (χ3n) is 8.48. The highest BCUT2D eigenvalue weighted by atomic mass is 32.2. The molecule has 5 heterocycles. The van der Waals surface area contributed by atoms with Crippen molar-refractivity contribution >= 4 is 38.5 Å². The topological polar surface area (TPSA) is 108 Å². The fourth-order valence-electron chi connectivity index (χ4n) is 6.30. The van der Waals surface area contributed by atoms with E-state index in [4.69, 9.17) is 4.74 Å². The Balaban J connectivity index is 1.29. The van der Waals surface area contributed by atoms with Crippen LogP contribution in [0.3, 0.4) is 0 Å². The molecule has 3 aliphatic heterocycles. The summed E-state index contributed by atoms with van der Waals surface area (Å²) < 4.78 is 73.4. The summed E-state index contributed by atoms with van der Waals surface area (Å²) in [5, 5.41) is 12.3. The number of nitrogens with zero attached hydrogens (tertiary/aromatic N) is 4. The molecule has 43 heavy (non-hydrogen) atoms. The van der Waals surface area contributed by atoms with Gasteiger partial charge in [0, 0.05) is 55.9 Å². The number of hydrogen-bond acceptors (Lipinski definition) is 10. The Kier molecular flexibility index (Phi) is 8.18. The van der Waals surface area contributed by atoms with E-state index in [-0.39, 0.29) is 40.4 Å². The first-order valence-electron chi connectivity index (χ1n) is 14.4. The molecule has 2 N–H and O–H groups in total. The number of sulfone groups is 1. The maximum atomic E-state index is 14.1. The molecule has 3 atom stereocenters. The van der Waals surface area contributed by atoms with Crippen LogP contribution in [0.1, 0.15) is 48.8 Å². The Morgan fingerprint density at radius 1 is 1.21 bits per heavy atom. The second-order valence-corrected chi connectivity index (χ2v) is 14.4. The molecule has 1 aromatic carbocycles. The lowest BCUT2D eigenvalue weighted by molar-refractivity contribution is -0.137. The van der Waals surface area contributed by atoms with Crippen LogP contribution >= 0.6 is 11.3 Å². The minimum atomic E-state index is -4.74. The van der Waals surface area contributed by atoms with Crippen molar-refractivity contribution in [2.24, 2.45) is 0 Å². The van der Waals surface area contributed by atoms with Gasteiger partial charge in [0.2, 0.25) is 5.95 Å². The molecule has 2 saturated heterocycles. The fraction of sp³-hybridized carbons (Fsp3) is 0.517. The van der Waals surface area contributed by atoms with Crippen LogP contribution in [0.15, 0.2) is 35.4 Å². The molecule has 0 spiro atoms. The summed E-state index contributed by atoms with van der Waals surface area (Å²) >= 11 is 0.948. The van der Waals surface area contributed by atoms with Crippen molar-refractivity contribution in [1.29, 1.82) is 0 Å². The second-order valence-electron chi connectivity index (χ2n) is 11.2. The van der Waals surface area contributed by atoms with Crippen molar-refractivity contribution in [2.45, 2.75) is 62.4 Å². The van der Waals surface area contributed by atoms with Crippen molar-refractivity contribution in [3.63, 3.8) is 0 Å². The quantitative estimate of drug-likeness (QED) is 0.351. The number of rotatable bonds is 8. The fourth-order valence-corrected chi connectivity index (χ4v) is 9.24. The second kappa shape index (κ2) is 11.6. The van der Waals surface area contributed by atoms with Crippen molar-refractivity contribution in [2.75, 3.05) is 48.8 Å². The zero-order valence-corrected chi connectivity index (χ0v) is 25.5. The van der Waals surface area contributed by atoms with Gasteiger partial charge in [0.05, 0.1) is 38.8 Å². The number of anilines is 3. The minimum Gasteiger partial charge on any atom is -0.396 e. The molecule has 3 aliphatic rings. The number of fused-ring (bicyclic) bond motifs is 3. The van der Waals surface area contributed by atoms with E-state index in [2.05, 4.69) is 31.2 Å². The van der Waals surface area contributed by atoms with Crippen molar-refractivity contribution in [1.82, 2.24) is 14.9 Å². The molecular weight excluding hydrogens is 603 g/mol. The average molecular weight is 638 g/mol. The normalized spacial score (nSPS) is 23.4. The number of aryl methyl sites for hydroxylation is 1. The summed E-state index contributed by atoms with van der Waals surface area (Å²) in [5.41, 5.74) is 1.35. The third kappa shape index (κ3) is 5.87. The van der Waals surface area contributed by atoms with E-state index in [1.807, 2.05) is 19.1 Å². The lowest BCUT2D eigenvalue weighted by Gasteiger charge is -2.36. The predicted octanol–water partition coefficient (Wildman–Crippen LogP) is 5.04. The van der Waals surface area contributed by atoms with Crippen LogP contribution in [0.2, 0.25) is 0 Å². The van der Waals surface area contributed by atoms with Gasteiger partial charge in [-0.3, -0.25) is 4.90 Å². The van der Waals surface area contributed by atoms with Gasteiger partial charge in [-0.1, -0.05) is 6.92 Å². The van der Waals surface area contributed by atoms with Crippen LogP contribution in [0, 0.1) is 0 Å². The first-order valence-corrected chi connectivity index (χ1v) is 16.9. The summed E-state index contributed by atoms with van der Waals surface area (Å²) in [5.74, 6) is -0.249. The zero-order chi connectivity index (χ0) is 30.5. The van der Waals surface area contributed by atoms with Gasteiger partial charge in [-0.25, -0.2) is 18.4 Å². The monoisotopic (exact) mass is 637 g/mol. The molecule has 6 rings (SSSR count). The third-order valence-corrected chi connectivity index (χ3v) is 11.6. The minimum absolute atomic E-state index is 0.00487. The number of piperazine rings is 1. The van der Waals surface area contributed by atoms with Crippen molar-refractivity contribution < 1.29 is 31.4 Å². The van der Waals surface area contributed by atoms with Crippen LogP contribution in [0.25, 0.3) is 10.6 Å². The molecule has 0 amide bonds. The smallest absolute Gasteiger partial charge is 0.396 e. The van der Waals surface area contributed by atoms with Crippen LogP contribution < -0.4 is 10.2 Å². The van der Waals surface area contributed by atoms with Gasteiger partial charge < -0.3 is 20.1 Å². The number of ether oxygens (including phenoxy) is 1. The molecule has 14 heteroatoms. The first-order chi connectivity index (χ1) is 20.5. The number of hydrogen-bond donors (Lipinski definition) is 2. The lowest BCUT2D eigenvalue weighted by Crippen LogP contribution is -2.46. The SMILES string of the molecule is CCc1cc(N2C[C@H]3C[C@@H]2CN3CCCO)ccc1Nc1ncc(C(F)(F)F)c(-c2cc3c(s2)C(C)OCCS3(=O)=O)n1. The number of aliphatic hydroxyl groups is 1. The summed E-state index contributed by atoms with van der Waals surface area (Å²) in [6, 6.07) is 8.18. The Morgan fingerprint density at radius 2 is 2.02 bits per heavy atom. The van der Waals surface area contributed by atoms with E-state index in [0.717, 1.165) is 61.3 Å². The molecule has 9 nitrogen and oxygen atoms in total. The van der Waals surface area contributed by atoms with Gasteiger partial charge >= 0.3 is 6.18 Å². The predicted molar refractivity (Wildman–Crippen MR) is 159 cm³/mol. The van der Waals surface area contributed by atoms with Crippen LogP contribution in [0.4, 0.5) is 30.5 Å². The standard InChI is InChI=1S/C29H34F3N5O4S2/c1-3-18-11-19(37-16-20-12-21(37)15-36(20)7-4-8-38)5-6-23(18)34-28-33-14-22(29(30,31)32)26(35-28)24-13-25-27(42-24)17(2)41-9-10-43(25,39)40/h5-6,11,13-14,17,20-21,38H,3-4,7-10,12,15-16H2,1-2H3,(H,33,34,35)/t17?,20-,21-/m1/s1. The Morgan fingerprint density at radius 3 is 2.72 bits per heavy atom. The van der Waals surface area contributed by atoms with E-state index in [0.29, 0.717) is 29.1 Å². The van der Waals surface area contributed by atoms with E-state index in [1.165, 1.54) is 6.07 Å². The van der Waals surface area contributed by atoms with Crippen LogP contribution in [-0.2, 0) is 27.2 Å². The molecule has 2 aromatic heterocycles. The summed E-state index contributed by atoms with van der Waals surface area (Å²) in [6.45, 7) is 6.71. The Bertz CT molecular complexity index is 1610. The number of aliphatic hydroxyl groups excluding tert-OH is 1. The lowest BCUT2D eigenvalue weighted by atomic mass is 10.1. The molecule has 0 saturated carbocycles. The number of halogens is 3. The molecule has 2 fully saturated rings. The van der Waals surface area contributed by atoms with Gasteiger partial charge in [-0.2, -0.15) is 13.2 Å². The van der Waals surface area contributed by atoms with E-state index < -0.39 is 27.7 Å². The largest absolute Gasteiger partial charge is 0.420 e. The van der Waals surface area contributed by atoms with Gasteiger partial charge in [0.25, 0.3) is 0 Å². The van der Waals surface area contributed by atoms with E-state index >= 15 is 0 Å². The van der Waals surface area contributed by atoms with Crippen molar-refractivity contribution in [3.05, 3.63) is 46.5 Å². The molecule has 0 aliphatic carbocycles. The molecular formula is C29H34F3N5O4S2. The maximum Gasteiger partial charge on any atom is 0.420 e. The number of thiophene rings is 1. The number of alkyl halides is 3. The number of likely N-dealkylation sites (tertiary alicyclic amines) is 1. The summed E-state index contributed by atoms with van der Waals surface area (Å²) in [7, 11) is -3.71. The highest BCUT2D eigenvalue weighted by Crippen LogP contribution is 2.44. The Hall–Kier alpha value is -2.78. The van der Waals surface area contributed by atoms with Gasteiger partial charge in [-0.15, -0.1) is 11.3 Å². The molecule has 1 unspecified atom stereocenters. The van der Waals surface area contributed by atoms with Gasteiger partial charge in [0.1, 0.15) is 5.56 Å². The van der Waals surface area contributed by atoms with Crippen LogP contribution in [0.5, 0.6) is 0 Å². The van der Waals surface area contributed by atoms with Crippen molar-refractivity contribution in [3.8, 4) is 10.6 Å². The van der Waals surface area contributed by atoms with Gasteiger partial charge in [-0.05, 0) is 56.0 Å². The maximum absolute atomic E-state index is 14.1. The highest BCUT2D eigenvalue weighted by Gasteiger charge is 2.43. The summed E-state index contributed by atoms with van der Waals surface area (Å²) in [6.07, 6.45) is -2.02. The molecule has 2 bridgehead atoms. The van der Waals surface area contributed by atoms with Gasteiger partial charge in [0.15, 0.2) is 9.84 Å². The first kappa shape index (κ1) is 30.3. The van der Waals surface area contributed by atoms with E-state index in [1.54, 1.807) is 6.92 Å². The van der Waals surface area contributed by atoms with E-state index in [9.17, 15) is 26.7 Å². The highest BCUT2D eigenvalue weighted by molar-refractivity contribution is 7.91. The Labute approximate surface area is 252 Å². The number of aromatic nitrogens is 2. The molecule has 3 aromatic rings. The number of nitrogens with one attached hydrogen (secondary N) is 1. The summed E-state index contributed by atoms with van der Waals surface area (Å²) in [4.78, 5) is 13.6. The average Bonchev–Trinajstić information content (AvgIpc) is 3.69. The molecule has 232 valence electrons. The molecule has 0 radical (unpaired) electrons. The van der Waals surface area contributed by atoms with Crippen LogP contribution in [-0.4, -0.2) is 79.1 Å². The number of benzene rings is 1.